The summed E-state index contributed by atoms with van der Waals surface area (Å²) in [4.78, 5) is 4.30. The summed E-state index contributed by atoms with van der Waals surface area (Å²) in [6, 6.07) is 4.96. The van der Waals surface area contributed by atoms with E-state index < -0.39 is 11.7 Å². The zero-order chi connectivity index (χ0) is 15.6. The van der Waals surface area contributed by atoms with E-state index >= 15 is 0 Å². The maximum Gasteiger partial charge on any atom is 0.416 e. The van der Waals surface area contributed by atoms with Crippen LogP contribution in [0.4, 0.5) is 13.2 Å². The van der Waals surface area contributed by atoms with Gasteiger partial charge in [0.1, 0.15) is 0 Å². The molecule has 21 heavy (non-hydrogen) atoms. The van der Waals surface area contributed by atoms with Crippen molar-refractivity contribution in [1.82, 2.24) is 9.80 Å². The minimum Gasteiger partial charge on any atom is -0.306 e. The zero-order valence-electron chi connectivity index (χ0n) is 12.3. The SMILES string of the molecule is CN(C)C1CCN(Cc2ccc(Br)cc2C(F)(F)F)CC1. The molecule has 1 saturated heterocycles. The molecule has 1 aliphatic heterocycles. The molecule has 0 aliphatic carbocycles. The number of alkyl halides is 3. The second-order valence-electron chi connectivity index (χ2n) is 5.77. The molecule has 0 spiro atoms. The van der Waals surface area contributed by atoms with Gasteiger partial charge in [-0.15, -0.1) is 0 Å². The Kier molecular flexibility index (Phi) is 5.33. The van der Waals surface area contributed by atoms with E-state index in [1.54, 1.807) is 12.1 Å². The maximum atomic E-state index is 13.1. The fraction of sp³-hybridized carbons (Fsp3) is 0.600. The van der Waals surface area contributed by atoms with Crippen LogP contribution in [0.15, 0.2) is 22.7 Å². The van der Waals surface area contributed by atoms with E-state index in [9.17, 15) is 13.2 Å². The van der Waals surface area contributed by atoms with Gasteiger partial charge in [-0.25, -0.2) is 0 Å². The highest BCUT2D eigenvalue weighted by Crippen LogP contribution is 2.34. The Bertz CT molecular complexity index is 480. The van der Waals surface area contributed by atoms with Gasteiger partial charge in [-0.2, -0.15) is 13.2 Å². The highest BCUT2D eigenvalue weighted by atomic mass is 79.9. The molecule has 1 aromatic rings. The van der Waals surface area contributed by atoms with Crippen LogP contribution in [0.25, 0.3) is 0 Å². The molecule has 0 bridgehead atoms. The Hall–Kier alpha value is -0.590. The third kappa shape index (κ3) is 4.44. The minimum atomic E-state index is -4.30. The van der Waals surface area contributed by atoms with E-state index in [2.05, 4.69) is 39.8 Å². The van der Waals surface area contributed by atoms with Crippen molar-refractivity contribution in [1.29, 1.82) is 0 Å². The lowest BCUT2D eigenvalue weighted by Crippen LogP contribution is -2.41. The summed E-state index contributed by atoms with van der Waals surface area (Å²) in [5.41, 5.74) is -0.180. The first-order valence-corrected chi connectivity index (χ1v) is 7.81. The predicted octanol–water partition coefficient (Wildman–Crippen LogP) is 3.99. The van der Waals surface area contributed by atoms with Crippen molar-refractivity contribution in [2.75, 3.05) is 27.2 Å². The topological polar surface area (TPSA) is 6.48 Å². The quantitative estimate of drug-likeness (QED) is 0.799. The van der Waals surface area contributed by atoms with Crippen molar-refractivity contribution in [3.05, 3.63) is 33.8 Å². The summed E-state index contributed by atoms with van der Waals surface area (Å²) in [5.74, 6) is 0. The molecule has 118 valence electrons. The van der Waals surface area contributed by atoms with E-state index in [4.69, 9.17) is 0 Å². The Labute approximate surface area is 132 Å². The fourth-order valence-corrected chi connectivity index (χ4v) is 3.15. The van der Waals surface area contributed by atoms with Crippen molar-refractivity contribution >= 4 is 15.9 Å². The molecular weight excluding hydrogens is 345 g/mol. The van der Waals surface area contributed by atoms with Gasteiger partial charge in [-0.05, 0) is 57.7 Å². The Morgan fingerprint density at radius 3 is 2.38 bits per heavy atom. The summed E-state index contributed by atoms with van der Waals surface area (Å²) in [6.45, 7) is 2.05. The third-order valence-corrected chi connectivity index (χ3v) is 4.55. The van der Waals surface area contributed by atoms with Crippen molar-refractivity contribution in [3.8, 4) is 0 Å². The van der Waals surface area contributed by atoms with Gasteiger partial charge in [-0.3, -0.25) is 4.90 Å². The Balaban J connectivity index is 2.07. The number of piperidine rings is 1. The molecule has 6 heteroatoms. The Morgan fingerprint density at radius 1 is 1.24 bits per heavy atom. The summed E-state index contributed by atoms with van der Waals surface area (Å²) in [5, 5.41) is 0. The molecule has 0 atom stereocenters. The van der Waals surface area contributed by atoms with Gasteiger partial charge in [0.15, 0.2) is 0 Å². The number of benzene rings is 1. The summed E-state index contributed by atoms with van der Waals surface area (Å²) >= 11 is 3.12. The second-order valence-corrected chi connectivity index (χ2v) is 6.69. The number of rotatable bonds is 3. The van der Waals surface area contributed by atoms with Crippen LogP contribution in [-0.2, 0) is 12.7 Å². The summed E-state index contributed by atoms with van der Waals surface area (Å²) < 4.78 is 39.8. The third-order valence-electron chi connectivity index (χ3n) is 4.06. The van der Waals surface area contributed by atoms with Crippen LogP contribution in [0.3, 0.4) is 0 Å². The van der Waals surface area contributed by atoms with Crippen LogP contribution in [-0.4, -0.2) is 43.0 Å². The van der Waals surface area contributed by atoms with Crippen LogP contribution < -0.4 is 0 Å². The lowest BCUT2D eigenvalue weighted by Gasteiger charge is -2.35. The molecule has 1 heterocycles. The zero-order valence-corrected chi connectivity index (χ0v) is 13.8. The molecule has 1 aromatic carbocycles. The molecule has 1 aliphatic rings. The first kappa shape index (κ1) is 16.8. The molecule has 2 rings (SSSR count). The van der Waals surface area contributed by atoms with E-state index in [-0.39, 0.29) is 0 Å². The van der Waals surface area contributed by atoms with E-state index in [1.807, 2.05) is 0 Å². The van der Waals surface area contributed by atoms with E-state index in [0.717, 1.165) is 25.9 Å². The molecular formula is C15H20BrF3N2. The number of hydrogen-bond acceptors (Lipinski definition) is 2. The standard InChI is InChI=1S/C15H20BrF3N2/c1-20(2)13-5-7-21(8-6-13)10-11-3-4-12(16)9-14(11)15(17,18)19/h3-4,9,13H,5-8,10H2,1-2H3. The highest BCUT2D eigenvalue weighted by molar-refractivity contribution is 9.10. The Morgan fingerprint density at radius 2 is 1.86 bits per heavy atom. The molecule has 0 saturated carbocycles. The molecule has 1 fully saturated rings. The van der Waals surface area contributed by atoms with Crippen molar-refractivity contribution in [3.63, 3.8) is 0 Å². The van der Waals surface area contributed by atoms with Crippen molar-refractivity contribution in [2.45, 2.75) is 31.6 Å². The molecule has 0 unspecified atom stereocenters. The van der Waals surface area contributed by atoms with E-state index in [1.165, 1.54) is 6.07 Å². The number of halogens is 4. The number of hydrogen-bond donors (Lipinski definition) is 0. The highest BCUT2D eigenvalue weighted by Gasteiger charge is 2.34. The van der Waals surface area contributed by atoms with E-state index in [0.29, 0.717) is 22.6 Å². The minimum absolute atomic E-state index is 0.356. The largest absolute Gasteiger partial charge is 0.416 e. The van der Waals surface area contributed by atoms with Gasteiger partial charge in [-0.1, -0.05) is 22.0 Å². The molecule has 2 nitrogen and oxygen atoms in total. The van der Waals surface area contributed by atoms with Crippen molar-refractivity contribution < 1.29 is 13.2 Å². The predicted molar refractivity (Wildman–Crippen MR) is 81.1 cm³/mol. The first-order chi connectivity index (χ1) is 9.77. The smallest absolute Gasteiger partial charge is 0.306 e. The normalized spacial score (nSPS) is 18.4. The molecule has 0 N–H and O–H groups in total. The molecule has 0 radical (unpaired) electrons. The number of likely N-dealkylation sites (tertiary alicyclic amines) is 1. The first-order valence-electron chi connectivity index (χ1n) is 7.02. The molecule has 0 aromatic heterocycles. The van der Waals surface area contributed by atoms with Gasteiger partial charge >= 0.3 is 6.18 Å². The van der Waals surface area contributed by atoms with Crippen LogP contribution in [0.1, 0.15) is 24.0 Å². The summed E-state index contributed by atoms with van der Waals surface area (Å²) in [6.07, 6.45) is -2.29. The second kappa shape index (κ2) is 6.67. The van der Waals surface area contributed by atoms with Gasteiger partial charge < -0.3 is 4.90 Å². The van der Waals surface area contributed by atoms with Gasteiger partial charge in [0, 0.05) is 17.1 Å². The van der Waals surface area contributed by atoms with Gasteiger partial charge in [0.05, 0.1) is 5.56 Å². The summed E-state index contributed by atoms with van der Waals surface area (Å²) in [7, 11) is 4.10. The maximum absolute atomic E-state index is 13.1. The fourth-order valence-electron chi connectivity index (χ4n) is 2.79. The van der Waals surface area contributed by atoms with Gasteiger partial charge in [0.2, 0.25) is 0 Å². The van der Waals surface area contributed by atoms with Crippen LogP contribution in [0.5, 0.6) is 0 Å². The van der Waals surface area contributed by atoms with Gasteiger partial charge in [0.25, 0.3) is 0 Å². The average molecular weight is 365 g/mol. The number of nitrogens with zero attached hydrogens (tertiary/aromatic N) is 2. The lowest BCUT2D eigenvalue weighted by molar-refractivity contribution is -0.138. The van der Waals surface area contributed by atoms with Crippen LogP contribution in [0.2, 0.25) is 0 Å². The van der Waals surface area contributed by atoms with Crippen LogP contribution in [0, 0.1) is 0 Å². The monoisotopic (exact) mass is 364 g/mol. The average Bonchev–Trinajstić information content (AvgIpc) is 2.40. The van der Waals surface area contributed by atoms with Crippen LogP contribution >= 0.6 is 15.9 Å². The molecule has 0 amide bonds. The lowest BCUT2D eigenvalue weighted by atomic mass is 10.0. The van der Waals surface area contributed by atoms with Crippen molar-refractivity contribution in [2.24, 2.45) is 0 Å².